The van der Waals surface area contributed by atoms with E-state index in [2.05, 4.69) is 30.4 Å². The van der Waals surface area contributed by atoms with Crippen molar-refractivity contribution in [1.82, 2.24) is 29.7 Å². The molecular formula is C11H17N7OS. The van der Waals surface area contributed by atoms with E-state index in [0.29, 0.717) is 17.1 Å². The second-order valence-corrected chi connectivity index (χ2v) is 4.87. The van der Waals surface area contributed by atoms with E-state index in [0.717, 1.165) is 25.3 Å². The summed E-state index contributed by atoms with van der Waals surface area (Å²) in [4.78, 5) is 16.9. The van der Waals surface area contributed by atoms with E-state index >= 15 is 0 Å². The fraction of sp³-hybridized carbons (Fsp3) is 0.545. The third-order valence-corrected chi connectivity index (χ3v) is 3.22. The number of methoxy groups -OCH3 is 1. The Balaban J connectivity index is 2.13. The van der Waals surface area contributed by atoms with Gasteiger partial charge >= 0.3 is 0 Å². The van der Waals surface area contributed by atoms with Crippen LogP contribution in [0.4, 0.5) is 5.95 Å². The summed E-state index contributed by atoms with van der Waals surface area (Å²) in [7, 11) is 1.69. The van der Waals surface area contributed by atoms with Crippen LogP contribution in [0.2, 0.25) is 0 Å². The Kier molecular flexibility index (Phi) is 5.69. The second-order valence-electron chi connectivity index (χ2n) is 3.81. The molecule has 0 spiro atoms. The van der Waals surface area contributed by atoms with E-state index in [1.165, 1.54) is 11.0 Å². The molecule has 0 aromatic carbocycles. The Labute approximate surface area is 121 Å². The first-order chi connectivity index (χ1) is 9.83. The van der Waals surface area contributed by atoms with Gasteiger partial charge in [0.05, 0.1) is 0 Å². The van der Waals surface area contributed by atoms with Crippen LogP contribution < -0.4 is 5.32 Å². The van der Waals surface area contributed by atoms with Crippen molar-refractivity contribution in [2.75, 3.05) is 31.3 Å². The molecule has 2 aromatic rings. The smallest absolute Gasteiger partial charge is 0.257 e. The molecule has 0 radical (unpaired) electrons. The highest BCUT2D eigenvalue weighted by Gasteiger charge is 2.08. The van der Waals surface area contributed by atoms with Gasteiger partial charge in [-0.25, -0.2) is 4.98 Å². The molecule has 0 bridgehead atoms. The van der Waals surface area contributed by atoms with Crippen molar-refractivity contribution in [3.8, 4) is 5.95 Å². The molecule has 0 unspecified atom stereocenters. The zero-order valence-electron chi connectivity index (χ0n) is 11.5. The molecule has 0 aliphatic rings. The van der Waals surface area contributed by atoms with Crippen LogP contribution in [-0.4, -0.2) is 55.7 Å². The van der Waals surface area contributed by atoms with E-state index in [1.54, 1.807) is 25.2 Å². The highest BCUT2D eigenvalue weighted by Crippen LogP contribution is 2.16. The first-order valence-corrected chi connectivity index (χ1v) is 7.28. The van der Waals surface area contributed by atoms with Gasteiger partial charge in [0.2, 0.25) is 5.95 Å². The van der Waals surface area contributed by atoms with Crippen LogP contribution in [0.25, 0.3) is 5.95 Å². The van der Waals surface area contributed by atoms with Gasteiger partial charge in [-0.05, 0) is 13.3 Å². The Morgan fingerprint density at radius 1 is 1.35 bits per heavy atom. The van der Waals surface area contributed by atoms with E-state index in [4.69, 9.17) is 4.74 Å². The van der Waals surface area contributed by atoms with Crippen LogP contribution in [0.15, 0.2) is 17.8 Å². The highest BCUT2D eigenvalue weighted by atomic mass is 32.2. The van der Waals surface area contributed by atoms with Gasteiger partial charge in [-0.2, -0.15) is 24.7 Å². The lowest BCUT2D eigenvalue weighted by Gasteiger charge is -2.07. The lowest BCUT2D eigenvalue weighted by molar-refractivity contribution is 0.200. The third kappa shape index (κ3) is 4.14. The maximum absolute atomic E-state index is 5.02. The van der Waals surface area contributed by atoms with Crippen LogP contribution in [-0.2, 0) is 4.74 Å². The minimum atomic E-state index is 0.461. The van der Waals surface area contributed by atoms with Gasteiger partial charge < -0.3 is 10.1 Å². The van der Waals surface area contributed by atoms with Crippen molar-refractivity contribution < 1.29 is 4.74 Å². The summed E-state index contributed by atoms with van der Waals surface area (Å²) in [5.41, 5.74) is 0. The van der Waals surface area contributed by atoms with Crippen LogP contribution in [0.1, 0.15) is 13.3 Å². The summed E-state index contributed by atoms with van der Waals surface area (Å²) in [6, 6.07) is 0. The van der Waals surface area contributed by atoms with Crippen molar-refractivity contribution >= 4 is 17.7 Å². The molecule has 0 atom stereocenters. The average Bonchev–Trinajstić information content (AvgIpc) is 2.98. The molecule has 0 saturated carbocycles. The number of ether oxygens (including phenoxy) is 1. The van der Waals surface area contributed by atoms with Gasteiger partial charge in [0.1, 0.15) is 12.7 Å². The number of aromatic nitrogens is 6. The predicted molar refractivity (Wildman–Crippen MR) is 76.1 cm³/mol. The average molecular weight is 295 g/mol. The van der Waals surface area contributed by atoms with Crippen molar-refractivity contribution in [1.29, 1.82) is 0 Å². The molecule has 8 nitrogen and oxygen atoms in total. The molecule has 0 amide bonds. The molecule has 20 heavy (non-hydrogen) atoms. The summed E-state index contributed by atoms with van der Waals surface area (Å²) >= 11 is 1.57. The predicted octanol–water partition coefficient (Wildman–Crippen LogP) is 1.01. The normalized spacial score (nSPS) is 10.7. The van der Waals surface area contributed by atoms with Crippen LogP contribution in [0.5, 0.6) is 0 Å². The first-order valence-electron chi connectivity index (χ1n) is 6.30. The number of thioether (sulfide) groups is 1. The molecule has 0 aliphatic carbocycles. The number of nitrogens with one attached hydrogen (secondary N) is 1. The minimum Gasteiger partial charge on any atom is -0.385 e. The summed E-state index contributed by atoms with van der Waals surface area (Å²) in [5, 5.41) is 7.79. The number of hydrogen-bond acceptors (Lipinski definition) is 8. The third-order valence-electron chi connectivity index (χ3n) is 2.29. The van der Waals surface area contributed by atoms with Gasteiger partial charge in [0.15, 0.2) is 5.16 Å². The zero-order chi connectivity index (χ0) is 14.2. The topological polar surface area (TPSA) is 90.6 Å². The van der Waals surface area contributed by atoms with Gasteiger partial charge in [-0.3, -0.25) is 0 Å². The van der Waals surface area contributed by atoms with Crippen LogP contribution in [0, 0.1) is 0 Å². The molecule has 108 valence electrons. The lowest BCUT2D eigenvalue weighted by Crippen LogP contribution is -2.10. The number of nitrogens with zero attached hydrogens (tertiary/aromatic N) is 6. The van der Waals surface area contributed by atoms with Gasteiger partial charge in [0.25, 0.3) is 5.95 Å². The quantitative estimate of drug-likeness (QED) is 0.570. The van der Waals surface area contributed by atoms with Gasteiger partial charge in [0, 0.05) is 26.0 Å². The molecular weight excluding hydrogens is 278 g/mol. The monoisotopic (exact) mass is 295 g/mol. The summed E-state index contributed by atoms with van der Waals surface area (Å²) in [6.45, 7) is 3.47. The van der Waals surface area contributed by atoms with E-state index in [9.17, 15) is 0 Å². The largest absolute Gasteiger partial charge is 0.385 e. The standard InChI is InChI=1S/C11H17N7OS/c1-3-13-9-15-10(18-8-12-7-14-18)17-11(16-9)20-6-4-5-19-2/h7-8H,3-6H2,1-2H3,(H,13,15,16,17). The Bertz CT molecular complexity index is 519. The molecule has 1 N–H and O–H groups in total. The van der Waals surface area contributed by atoms with E-state index < -0.39 is 0 Å². The van der Waals surface area contributed by atoms with Gasteiger partial charge in [-0.1, -0.05) is 11.8 Å². The van der Waals surface area contributed by atoms with Crippen molar-refractivity contribution in [2.24, 2.45) is 0 Å². The fourth-order valence-corrected chi connectivity index (χ4v) is 2.17. The maximum Gasteiger partial charge on any atom is 0.257 e. The maximum atomic E-state index is 5.02. The lowest BCUT2D eigenvalue weighted by atomic mass is 10.5. The van der Waals surface area contributed by atoms with E-state index in [-0.39, 0.29) is 0 Å². The van der Waals surface area contributed by atoms with Crippen molar-refractivity contribution in [3.05, 3.63) is 12.7 Å². The van der Waals surface area contributed by atoms with Gasteiger partial charge in [-0.15, -0.1) is 0 Å². The molecule has 0 fully saturated rings. The molecule has 2 rings (SSSR count). The fourth-order valence-electron chi connectivity index (χ4n) is 1.43. The first kappa shape index (κ1) is 14.7. The van der Waals surface area contributed by atoms with Crippen molar-refractivity contribution in [3.63, 3.8) is 0 Å². The van der Waals surface area contributed by atoms with Crippen LogP contribution in [0.3, 0.4) is 0 Å². The Morgan fingerprint density at radius 3 is 2.95 bits per heavy atom. The minimum absolute atomic E-state index is 0.461. The van der Waals surface area contributed by atoms with E-state index in [1.807, 2.05) is 6.92 Å². The number of anilines is 1. The molecule has 2 heterocycles. The van der Waals surface area contributed by atoms with Crippen molar-refractivity contribution in [2.45, 2.75) is 18.5 Å². The zero-order valence-corrected chi connectivity index (χ0v) is 12.3. The van der Waals surface area contributed by atoms with Crippen LogP contribution >= 0.6 is 11.8 Å². The highest BCUT2D eigenvalue weighted by molar-refractivity contribution is 7.99. The second kappa shape index (κ2) is 7.75. The molecule has 0 aliphatic heterocycles. The summed E-state index contributed by atoms with van der Waals surface area (Å²) in [5.74, 6) is 1.89. The Hall–Kier alpha value is -1.74. The summed E-state index contributed by atoms with van der Waals surface area (Å²) in [6.07, 6.45) is 3.95. The Morgan fingerprint density at radius 2 is 2.25 bits per heavy atom. The number of hydrogen-bond donors (Lipinski definition) is 1. The molecule has 9 heteroatoms. The molecule has 2 aromatic heterocycles. The SMILES string of the molecule is CCNc1nc(SCCCOC)nc(-n2cncn2)n1. The summed E-state index contributed by atoms with van der Waals surface area (Å²) < 4.78 is 6.54. The molecule has 0 saturated heterocycles. The number of rotatable bonds is 8.